The van der Waals surface area contributed by atoms with Gasteiger partial charge >= 0.3 is 6.36 Å². The highest BCUT2D eigenvalue weighted by Gasteiger charge is 2.46. The predicted molar refractivity (Wildman–Crippen MR) is 97.4 cm³/mol. The van der Waals surface area contributed by atoms with Gasteiger partial charge in [0.25, 0.3) is 5.91 Å². The lowest BCUT2D eigenvalue weighted by Crippen LogP contribution is -2.35. The number of ether oxygens (including phenoxy) is 1. The van der Waals surface area contributed by atoms with Gasteiger partial charge in [0, 0.05) is 24.6 Å². The van der Waals surface area contributed by atoms with Crippen molar-refractivity contribution in [1.29, 1.82) is 0 Å². The lowest BCUT2D eigenvalue weighted by molar-refractivity contribution is -0.274. The Kier molecular flexibility index (Phi) is 5.95. The highest BCUT2D eigenvalue weighted by molar-refractivity contribution is 5.94. The van der Waals surface area contributed by atoms with Gasteiger partial charge < -0.3 is 20.5 Å². The second kappa shape index (κ2) is 8.42. The van der Waals surface area contributed by atoms with E-state index in [1.165, 1.54) is 42.5 Å². The zero-order valence-corrected chi connectivity index (χ0v) is 15.2. The van der Waals surface area contributed by atoms with E-state index in [2.05, 4.69) is 15.4 Å². The van der Waals surface area contributed by atoms with Crippen molar-refractivity contribution in [2.75, 3.05) is 13.1 Å². The number of hydrogen-bond acceptors (Lipinski definition) is 4. The summed E-state index contributed by atoms with van der Waals surface area (Å²) in [5.74, 6) is -1.63. The molecule has 6 nitrogen and oxygen atoms in total. The molecule has 29 heavy (non-hydrogen) atoms. The van der Waals surface area contributed by atoms with Crippen LogP contribution in [0.2, 0.25) is 0 Å². The van der Waals surface area contributed by atoms with Crippen LogP contribution < -0.4 is 15.4 Å². The smallest absolute Gasteiger partial charge is 0.508 e. The Labute approximate surface area is 164 Å². The predicted octanol–water partition coefficient (Wildman–Crippen LogP) is 2.94. The van der Waals surface area contributed by atoms with Gasteiger partial charge in [-0.1, -0.05) is 18.2 Å². The minimum Gasteiger partial charge on any atom is -0.508 e. The van der Waals surface area contributed by atoms with Gasteiger partial charge in [0.1, 0.15) is 11.5 Å². The minimum absolute atomic E-state index is 0.0509. The van der Waals surface area contributed by atoms with Gasteiger partial charge in [-0.25, -0.2) is 0 Å². The third-order valence-electron chi connectivity index (χ3n) is 4.51. The van der Waals surface area contributed by atoms with Crippen molar-refractivity contribution in [3.05, 3.63) is 59.7 Å². The Bertz CT molecular complexity index is 884. The highest BCUT2D eigenvalue weighted by atomic mass is 19.4. The Balaban J connectivity index is 1.45. The summed E-state index contributed by atoms with van der Waals surface area (Å²) in [5.41, 5.74) is 0.725. The molecule has 0 heterocycles. The number of alkyl halides is 3. The number of halogens is 3. The summed E-state index contributed by atoms with van der Waals surface area (Å²) in [6, 6.07) is 11.5. The van der Waals surface area contributed by atoms with Crippen LogP contribution in [0.4, 0.5) is 13.2 Å². The molecule has 0 bridgehead atoms. The second-order valence-corrected chi connectivity index (χ2v) is 6.63. The monoisotopic (exact) mass is 408 g/mol. The normalized spacial score (nSPS) is 18.0. The van der Waals surface area contributed by atoms with Crippen LogP contribution in [0.5, 0.6) is 11.5 Å². The fourth-order valence-corrected chi connectivity index (χ4v) is 3.04. The Morgan fingerprint density at radius 1 is 1.03 bits per heavy atom. The van der Waals surface area contributed by atoms with Crippen molar-refractivity contribution >= 4 is 11.8 Å². The summed E-state index contributed by atoms with van der Waals surface area (Å²) >= 11 is 0. The average Bonchev–Trinajstić information content (AvgIpc) is 3.45. The Morgan fingerprint density at radius 2 is 1.69 bits per heavy atom. The summed E-state index contributed by atoms with van der Waals surface area (Å²) in [6.45, 7) is 0.378. The van der Waals surface area contributed by atoms with Crippen LogP contribution in [-0.4, -0.2) is 36.4 Å². The molecule has 0 aliphatic heterocycles. The van der Waals surface area contributed by atoms with Gasteiger partial charge in [-0.2, -0.15) is 0 Å². The van der Waals surface area contributed by atoms with E-state index in [4.69, 9.17) is 0 Å². The highest BCUT2D eigenvalue weighted by Crippen LogP contribution is 2.50. The molecule has 1 fully saturated rings. The summed E-state index contributed by atoms with van der Waals surface area (Å²) in [5, 5.41) is 14.5. The SMILES string of the molecule is O=C(NCCNC(=O)[C@@H]1C[C@@H]1c1ccccc1OC(F)(F)F)c1ccc(O)cc1. The molecule has 0 aromatic heterocycles. The molecule has 0 unspecified atom stereocenters. The van der Waals surface area contributed by atoms with Gasteiger partial charge in [0.2, 0.25) is 5.91 Å². The molecule has 2 aromatic carbocycles. The van der Waals surface area contributed by atoms with E-state index in [1.807, 2.05) is 0 Å². The lowest BCUT2D eigenvalue weighted by atomic mass is 10.1. The molecule has 1 saturated carbocycles. The van der Waals surface area contributed by atoms with Crippen molar-refractivity contribution in [1.82, 2.24) is 10.6 Å². The van der Waals surface area contributed by atoms with E-state index in [0.717, 1.165) is 0 Å². The maximum atomic E-state index is 12.5. The van der Waals surface area contributed by atoms with Crippen LogP contribution in [0.25, 0.3) is 0 Å². The van der Waals surface area contributed by atoms with Gasteiger partial charge in [-0.05, 0) is 48.2 Å². The number of nitrogens with one attached hydrogen (secondary N) is 2. The van der Waals surface area contributed by atoms with E-state index in [0.29, 0.717) is 17.5 Å². The minimum atomic E-state index is -4.79. The first-order chi connectivity index (χ1) is 13.7. The van der Waals surface area contributed by atoms with E-state index < -0.39 is 12.3 Å². The van der Waals surface area contributed by atoms with Crippen molar-refractivity contribution in [2.45, 2.75) is 18.7 Å². The molecule has 0 radical (unpaired) electrons. The summed E-state index contributed by atoms with van der Waals surface area (Å²) in [4.78, 5) is 24.1. The van der Waals surface area contributed by atoms with Crippen LogP contribution in [0.1, 0.15) is 28.3 Å². The van der Waals surface area contributed by atoms with E-state index in [-0.39, 0.29) is 42.3 Å². The van der Waals surface area contributed by atoms with E-state index in [9.17, 15) is 27.9 Å². The molecule has 3 N–H and O–H groups in total. The maximum absolute atomic E-state index is 12.5. The molecular formula is C20H19F3N2O4. The number of carbonyl (C=O) groups excluding carboxylic acids is 2. The fraction of sp³-hybridized carbons (Fsp3) is 0.300. The summed E-state index contributed by atoms with van der Waals surface area (Å²) < 4.78 is 41.6. The van der Waals surface area contributed by atoms with Crippen LogP contribution in [0, 0.1) is 5.92 Å². The number of rotatable bonds is 7. The topological polar surface area (TPSA) is 87.7 Å². The number of benzene rings is 2. The zero-order chi connectivity index (χ0) is 21.0. The molecule has 9 heteroatoms. The van der Waals surface area contributed by atoms with Gasteiger partial charge in [-0.15, -0.1) is 13.2 Å². The first-order valence-corrected chi connectivity index (χ1v) is 8.94. The number of phenols is 1. The number of hydrogen-bond donors (Lipinski definition) is 3. The van der Waals surface area contributed by atoms with Gasteiger partial charge in [-0.3, -0.25) is 9.59 Å². The molecule has 3 rings (SSSR count). The lowest BCUT2D eigenvalue weighted by Gasteiger charge is -2.13. The first kappa shape index (κ1) is 20.5. The number of aromatic hydroxyl groups is 1. The van der Waals surface area contributed by atoms with Crippen LogP contribution >= 0.6 is 0 Å². The fourth-order valence-electron chi connectivity index (χ4n) is 3.04. The van der Waals surface area contributed by atoms with Crippen molar-refractivity contribution < 1.29 is 32.6 Å². The molecule has 1 aliphatic rings. The van der Waals surface area contributed by atoms with Crippen LogP contribution in [-0.2, 0) is 4.79 Å². The third-order valence-corrected chi connectivity index (χ3v) is 4.51. The van der Waals surface area contributed by atoms with Crippen molar-refractivity contribution in [3.63, 3.8) is 0 Å². The second-order valence-electron chi connectivity index (χ2n) is 6.63. The molecule has 1 aliphatic carbocycles. The van der Waals surface area contributed by atoms with E-state index in [1.54, 1.807) is 6.07 Å². The van der Waals surface area contributed by atoms with Crippen LogP contribution in [0.3, 0.4) is 0 Å². The van der Waals surface area contributed by atoms with Gasteiger partial charge in [0.05, 0.1) is 0 Å². The molecule has 0 spiro atoms. The number of amides is 2. The number of phenolic OH excluding ortho intramolecular Hbond substituents is 1. The van der Waals surface area contributed by atoms with Gasteiger partial charge in [0.15, 0.2) is 0 Å². The Morgan fingerprint density at radius 3 is 2.38 bits per heavy atom. The maximum Gasteiger partial charge on any atom is 0.573 e. The summed E-state index contributed by atoms with van der Waals surface area (Å²) in [7, 11) is 0. The third kappa shape index (κ3) is 5.63. The molecule has 2 aromatic rings. The number of carbonyl (C=O) groups is 2. The molecule has 2 amide bonds. The van der Waals surface area contributed by atoms with E-state index >= 15 is 0 Å². The molecular weight excluding hydrogens is 389 g/mol. The Hall–Kier alpha value is -3.23. The van der Waals surface area contributed by atoms with Crippen molar-refractivity contribution in [3.8, 4) is 11.5 Å². The van der Waals surface area contributed by atoms with Crippen molar-refractivity contribution in [2.24, 2.45) is 5.92 Å². The zero-order valence-electron chi connectivity index (χ0n) is 15.2. The molecule has 2 atom stereocenters. The summed E-state index contributed by atoms with van der Waals surface area (Å²) in [6.07, 6.45) is -4.36. The average molecular weight is 408 g/mol. The number of para-hydroxylation sites is 1. The standard InChI is InChI=1S/C20H19F3N2O4/c21-20(22,23)29-17-4-2-1-3-14(17)15-11-16(15)19(28)25-10-9-24-18(27)12-5-7-13(26)8-6-12/h1-8,15-16,26H,9-11H2,(H,24,27)(H,25,28)/t15-,16-/m1/s1. The first-order valence-electron chi connectivity index (χ1n) is 8.94. The van der Waals surface area contributed by atoms with Crippen LogP contribution in [0.15, 0.2) is 48.5 Å². The quantitative estimate of drug-likeness (QED) is 0.615. The molecule has 0 saturated heterocycles. The molecule has 154 valence electrons. The largest absolute Gasteiger partial charge is 0.573 e.